The first-order chi connectivity index (χ1) is 23.8. The first-order valence-corrected chi connectivity index (χ1v) is 16.7. The molecule has 0 fully saturated rings. The van der Waals surface area contributed by atoms with Crippen molar-refractivity contribution in [3.63, 3.8) is 0 Å². The molecular weight excluding hydrogens is 579 g/mol. The molecule has 0 heterocycles. The van der Waals surface area contributed by atoms with Gasteiger partial charge in [0.2, 0.25) is 0 Å². The number of rotatable bonds is 4. The Hall–Kier alpha value is -6.18. The zero-order valence-corrected chi connectivity index (χ0v) is 26.3. The summed E-state index contributed by atoms with van der Waals surface area (Å²) in [5.41, 5.74) is 17.4. The summed E-state index contributed by atoms with van der Waals surface area (Å²) in [6, 6.07) is 66.6. The summed E-state index contributed by atoms with van der Waals surface area (Å²) in [5.74, 6) is 0. The highest BCUT2D eigenvalue weighted by atomic mass is 14.9. The van der Waals surface area contributed by atoms with Gasteiger partial charge in [0.15, 0.2) is 0 Å². The molecule has 0 saturated heterocycles. The summed E-state index contributed by atoms with van der Waals surface area (Å²) in [6.07, 6.45) is 0. The van der Waals surface area contributed by atoms with E-state index in [1.165, 1.54) is 77.5 Å². The van der Waals surface area contributed by atoms with Gasteiger partial charge < -0.3 is 5.32 Å². The van der Waals surface area contributed by atoms with Crippen LogP contribution < -0.4 is 5.32 Å². The second-order valence-corrected chi connectivity index (χ2v) is 12.9. The molecule has 48 heavy (non-hydrogen) atoms. The molecule has 10 rings (SSSR count). The van der Waals surface area contributed by atoms with Gasteiger partial charge in [0.05, 0.1) is 5.41 Å². The average Bonchev–Trinajstić information content (AvgIpc) is 3.63. The lowest BCUT2D eigenvalue weighted by molar-refractivity contribution is 0.796. The fourth-order valence-corrected chi connectivity index (χ4v) is 8.59. The normalized spacial score (nSPS) is 13.2. The van der Waals surface area contributed by atoms with Crippen LogP contribution in [0.3, 0.4) is 0 Å². The summed E-state index contributed by atoms with van der Waals surface area (Å²) in [6.45, 7) is 0. The second kappa shape index (κ2) is 10.4. The Morgan fingerprint density at radius 2 is 0.792 bits per heavy atom. The van der Waals surface area contributed by atoms with Crippen molar-refractivity contribution in [2.45, 2.75) is 5.41 Å². The monoisotopic (exact) mass is 609 g/mol. The maximum Gasteiger partial charge on any atom is 0.0745 e. The lowest BCUT2D eigenvalue weighted by atomic mass is 9.70. The van der Waals surface area contributed by atoms with Crippen LogP contribution >= 0.6 is 0 Å². The highest BCUT2D eigenvalue weighted by molar-refractivity contribution is 6.06. The molecule has 0 aliphatic heterocycles. The van der Waals surface area contributed by atoms with E-state index in [0.29, 0.717) is 0 Å². The van der Waals surface area contributed by atoms with Gasteiger partial charge in [0.1, 0.15) is 0 Å². The van der Waals surface area contributed by atoms with Gasteiger partial charge in [0, 0.05) is 16.9 Å². The van der Waals surface area contributed by atoms with Crippen molar-refractivity contribution in [2.75, 3.05) is 5.32 Å². The number of fused-ring (bicyclic) bond motifs is 11. The van der Waals surface area contributed by atoms with Crippen molar-refractivity contribution in [2.24, 2.45) is 0 Å². The van der Waals surface area contributed by atoms with Crippen molar-refractivity contribution in [3.8, 4) is 44.5 Å². The molecule has 224 valence electrons. The minimum atomic E-state index is -0.389. The highest BCUT2D eigenvalue weighted by Gasteiger charge is 2.52. The Balaban J connectivity index is 1.11. The van der Waals surface area contributed by atoms with Crippen molar-refractivity contribution in [1.29, 1.82) is 0 Å². The van der Waals surface area contributed by atoms with E-state index in [4.69, 9.17) is 0 Å². The summed E-state index contributed by atoms with van der Waals surface area (Å²) < 4.78 is 0. The van der Waals surface area contributed by atoms with Crippen molar-refractivity contribution < 1.29 is 0 Å². The minimum absolute atomic E-state index is 0.389. The van der Waals surface area contributed by atoms with Crippen LogP contribution in [0.2, 0.25) is 0 Å². The number of hydrogen-bond donors (Lipinski definition) is 1. The van der Waals surface area contributed by atoms with Gasteiger partial charge in [-0.15, -0.1) is 0 Å². The lowest BCUT2D eigenvalue weighted by Gasteiger charge is -2.32. The fourth-order valence-electron chi connectivity index (χ4n) is 8.59. The molecule has 2 aliphatic rings. The van der Waals surface area contributed by atoms with Crippen LogP contribution in [0, 0.1) is 0 Å². The smallest absolute Gasteiger partial charge is 0.0745 e. The molecule has 0 radical (unpaired) electrons. The molecule has 0 aromatic heterocycles. The maximum atomic E-state index is 3.91. The van der Waals surface area contributed by atoms with E-state index >= 15 is 0 Å². The van der Waals surface area contributed by atoms with Crippen molar-refractivity contribution in [3.05, 3.63) is 204 Å². The predicted octanol–water partition coefficient (Wildman–Crippen LogP) is 12.3. The van der Waals surface area contributed by atoms with E-state index < -0.39 is 0 Å². The number of benzene rings is 8. The van der Waals surface area contributed by atoms with E-state index in [1.54, 1.807) is 0 Å². The SMILES string of the molecule is c1ccc(-c2cccc3cccc(-c4ccc(Nc5cccc6c5C5(c7ccccc7-c7ccccc75)c5ccccc5-6)cc4)c23)cc1. The number of hydrogen-bond acceptors (Lipinski definition) is 1. The van der Waals surface area contributed by atoms with Gasteiger partial charge in [-0.05, 0) is 90.2 Å². The van der Waals surface area contributed by atoms with Gasteiger partial charge >= 0.3 is 0 Å². The Morgan fingerprint density at radius 1 is 0.333 bits per heavy atom. The zero-order chi connectivity index (χ0) is 31.7. The third-order valence-corrected chi connectivity index (χ3v) is 10.5. The summed E-state index contributed by atoms with van der Waals surface area (Å²) in [5, 5.41) is 6.44. The van der Waals surface area contributed by atoms with Gasteiger partial charge in [0.25, 0.3) is 0 Å². The van der Waals surface area contributed by atoms with Crippen molar-refractivity contribution >= 4 is 22.1 Å². The Bertz CT molecular complexity index is 2460. The molecule has 1 N–H and O–H groups in total. The topological polar surface area (TPSA) is 12.0 Å². The molecular formula is C47H31N. The predicted molar refractivity (Wildman–Crippen MR) is 201 cm³/mol. The molecule has 8 aromatic rings. The van der Waals surface area contributed by atoms with Crippen LogP contribution in [-0.4, -0.2) is 0 Å². The summed E-state index contributed by atoms with van der Waals surface area (Å²) >= 11 is 0. The minimum Gasteiger partial charge on any atom is -0.355 e. The van der Waals surface area contributed by atoms with E-state index in [2.05, 4.69) is 187 Å². The highest BCUT2D eigenvalue weighted by Crippen LogP contribution is 2.64. The number of nitrogens with one attached hydrogen (secondary N) is 1. The van der Waals surface area contributed by atoms with Crippen LogP contribution in [0.1, 0.15) is 22.3 Å². The lowest BCUT2D eigenvalue weighted by Crippen LogP contribution is -2.26. The van der Waals surface area contributed by atoms with E-state index in [-0.39, 0.29) is 5.41 Å². The fraction of sp³-hybridized carbons (Fsp3) is 0.0213. The standard InChI is InChI=1S/C47H31N/c1-2-13-31(14-3-1)35-20-10-15-33-16-11-21-36(45(33)35)32-27-29-34(30-28-32)48-44-26-12-22-40-39-19-6-9-25-43(39)47(46(40)44)41-23-7-4-17-37(41)38-18-5-8-24-42(38)47/h1-30,48H. The summed E-state index contributed by atoms with van der Waals surface area (Å²) in [4.78, 5) is 0. The zero-order valence-electron chi connectivity index (χ0n) is 26.3. The third kappa shape index (κ3) is 3.73. The van der Waals surface area contributed by atoms with Crippen LogP contribution in [0.15, 0.2) is 182 Å². The van der Waals surface area contributed by atoms with Crippen LogP contribution in [0.25, 0.3) is 55.3 Å². The molecule has 1 nitrogen and oxygen atoms in total. The molecule has 1 heteroatoms. The quantitative estimate of drug-likeness (QED) is 0.209. The average molecular weight is 610 g/mol. The van der Waals surface area contributed by atoms with Crippen molar-refractivity contribution in [1.82, 2.24) is 0 Å². The molecule has 1 spiro atoms. The molecule has 8 aromatic carbocycles. The second-order valence-electron chi connectivity index (χ2n) is 12.9. The molecule has 0 unspecified atom stereocenters. The van der Waals surface area contributed by atoms with Crippen LogP contribution in [0.4, 0.5) is 11.4 Å². The number of anilines is 2. The molecule has 2 aliphatic carbocycles. The van der Waals surface area contributed by atoms with E-state index in [0.717, 1.165) is 11.4 Å². The van der Waals surface area contributed by atoms with E-state index in [1.807, 2.05) is 0 Å². The first-order valence-electron chi connectivity index (χ1n) is 16.7. The Labute approximate surface area is 280 Å². The van der Waals surface area contributed by atoms with Gasteiger partial charge in [-0.1, -0.05) is 164 Å². The largest absolute Gasteiger partial charge is 0.355 e. The molecule has 0 amide bonds. The Kier molecular flexibility index (Phi) is 5.86. The molecule has 0 bridgehead atoms. The van der Waals surface area contributed by atoms with E-state index in [9.17, 15) is 0 Å². The molecule has 0 atom stereocenters. The van der Waals surface area contributed by atoms with Gasteiger partial charge in [-0.3, -0.25) is 0 Å². The molecule has 0 saturated carbocycles. The van der Waals surface area contributed by atoms with Crippen LogP contribution in [0.5, 0.6) is 0 Å². The summed E-state index contributed by atoms with van der Waals surface area (Å²) in [7, 11) is 0. The third-order valence-electron chi connectivity index (χ3n) is 10.5. The Morgan fingerprint density at radius 3 is 1.40 bits per heavy atom. The first kappa shape index (κ1) is 27.0. The maximum absolute atomic E-state index is 3.91. The van der Waals surface area contributed by atoms with Gasteiger partial charge in [-0.2, -0.15) is 0 Å². The van der Waals surface area contributed by atoms with Crippen LogP contribution in [-0.2, 0) is 5.41 Å². The van der Waals surface area contributed by atoms with Gasteiger partial charge in [-0.25, -0.2) is 0 Å².